The van der Waals surface area contributed by atoms with Crippen molar-refractivity contribution in [1.29, 1.82) is 0 Å². The van der Waals surface area contributed by atoms with E-state index in [0.29, 0.717) is 22.6 Å². The van der Waals surface area contributed by atoms with Crippen LogP contribution in [0.3, 0.4) is 0 Å². The Bertz CT molecular complexity index is 1190. The molecule has 0 atom stereocenters. The van der Waals surface area contributed by atoms with E-state index >= 15 is 0 Å². The summed E-state index contributed by atoms with van der Waals surface area (Å²) in [6.07, 6.45) is -1.46. The third-order valence-electron chi connectivity index (χ3n) is 4.69. The van der Waals surface area contributed by atoms with Gasteiger partial charge in [0.25, 0.3) is 5.91 Å². The highest BCUT2D eigenvalue weighted by Crippen LogP contribution is 2.32. The number of aromatic nitrogens is 1. The van der Waals surface area contributed by atoms with Crippen molar-refractivity contribution in [2.24, 2.45) is 0 Å². The summed E-state index contributed by atoms with van der Waals surface area (Å²) in [5, 5.41) is 2.65. The zero-order valence-electron chi connectivity index (χ0n) is 16.2. The van der Waals surface area contributed by atoms with Crippen LogP contribution in [0.2, 0.25) is 0 Å². The van der Waals surface area contributed by atoms with E-state index in [1.165, 1.54) is 24.6 Å². The molecule has 0 saturated carbocycles. The highest BCUT2D eigenvalue weighted by molar-refractivity contribution is 5.96. The minimum atomic E-state index is -4.44. The van der Waals surface area contributed by atoms with Crippen LogP contribution in [0.15, 0.2) is 89.7 Å². The Balaban J connectivity index is 1.59. The standard InChI is InChI=1S/C24H17F3N2O2/c25-24(26,27)19-9-4-6-16(12-19)14-29-23(30)18-13-20(21-10-5-11-31-21)22(28-15-18)17-7-2-1-3-8-17/h1-13,15H,14H2,(H,29,30). The summed E-state index contributed by atoms with van der Waals surface area (Å²) in [6.45, 7) is -0.0424. The van der Waals surface area contributed by atoms with E-state index < -0.39 is 17.6 Å². The van der Waals surface area contributed by atoms with Gasteiger partial charge in [0.15, 0.2) is 0 Å². The lowest BCUT2D eigenvalue weighted by molar-refractivity contribution is -0.137. The predicted octanol–water partition coefficient (Wildman–Crippen LogP) is 5.96. The molecule has 4 aromatic rings. The number of hydrogen-bond donors (Lipinski definition) is 1. The number of halogens is 3. The van der Waals surface area contributed by atoms with E-state index in [-0.39, 0.29) is 12.1 Å². The van der Waals surface area contributed by atoms with Crippen LogP contribution in [-0.4, -0.2) is 10.9 Å². The van der Waals surface area contributed by atoms with Gasteiger partial charge in [0.2, 0.25) is 0 Å². The van der Waals surface area contributed by atoms with Gasteiger partial charge in [-0.15, -0.1) is 0 Å². The van der Waals surface area contributed by atoms with E-state index in [4.69, 9.17) is 4.42 Å². The molecule has 0 unspecified atom stereocenters. The topological polar surface area (TPSA) is 55.1 Å². The predicted molar refractivity (Wildman–Crippen MR) is 110 cm³/mol. The average molecular weight is 422 g/mol. The van der Waals surface area contributed by atoms with Crippen molar-refractivity contribution in [1.82, 2.24) is 10.3 Å². The first-order valence-corrected chi connectivity index (χ1v) is 9.45. The molecule has 4 rings (SSSR count). The second-order valence-electron chi connectivity index (χ2n) is 6.84. The van der Waals surface area contributed by atoms with Crippen molar-refractivity contribution in [2.45, 2.75) is 12.7 Å². The van der Waals surface area contributed by atoms with Gasteiger partial charge in [-0.25, -0.2) is 0 Å². The smallest absolute Gasteiger partial charge is 0.416 e. The third kappa shape index (κ3) is 4.66. The molecular weight excluding hydrogens is 405 g/mol. The molecule has 0 aliphatic carbocycles. The molecule has 1 N–H and O–H groups in total. The van der Waals surface area contributed by atoms with E-state index in [0.717, 1.165) is 17.7 Å². The summed E-state index contributed by atoms with van der Waals surface area (Å²) >= 11 is 0. The zero-order chi connectivity index (χ0) is 21.8. The van der Waals surface area contributed by atoms with E-state index in [1.54, 1.807) is 18.2 Å². The molecule has 0 fully saturated rings. The van der Waals surface area contributed by atoms with Crippen LogP contribution in [0.5, 0.6) is 0 Å². The molecule has 31 heavy (non-hydrogen) atoms. The number of amides is 1. The number of pyridine rings is 1. The molecule has 2 aromatic heterocycles. The van der Waals surface area contributed by atoms with E-state index in [2.05, 4.69) is 10.3 Å². The fraction of sp³-hybridized carbons (Fsp3) is 0.0833. The van der Waals surface area contributed by atoms with Crippen molar-refractivity contribution in [3.05, 3.63) is 102 Å². The molecule has 0 radical (unpaired) electrons. The molecule has 4 nitrogen and oxygen atoms in total. The first kappa shape index (κ1) is 20.4. The lowest BCUT2D eigenvalue weighted by Crippen LogP contribution is -2.23. The fourth-order valence-corrected chi connectivity index (χ4v) is 3.18. The molecule has 0 spiro atoms. The maximum Gasteiger partial charge on any atom is 0.416 e. The highest BCUT2D eigenvalue weighted by Gasteiger charge is 2.30. The van der Waals surface area contributed by atoms with Gasteiger partial charge in [-0.1, -0.05) is 42.5 Å². The summed E-state index contributed by atoms with van der Waals surface area (Å²) in [7, 11) is 0. The van der Waals surface area contributed by atoms with E-state index in [9.17, 15) is 18.0 Å². The van der Waals surface area contributed by atoms with Gasteiger partial charge in [0, 0.05) is 23.9 Å². The van der Waals surface area contributed by atoms with Crippen molar-refractivity contribution in [3.63, 3.8) is 0 Å². The fourth-order valence-electron chi connectivity index (χ4n) is 3.18. The molecule has 2 aromatic carbocycles. The van der Waals surface area contributed by atoms with Gasteiger partial charge in [-0.3, -0.25) is 9.78 Å². The second-order valence-corrected chi connectivity index (χ2v) is 6.84. The van der Waals surface area contributed by atoms with Crippen LogP contribution in [0.4, 0.5) is 13.2 Å². The first-order valence-electron chi connectivity index (χ1n) is 9.45. The monoisotopic (exact) mass is 422 g/mol. The summed E-state index contributed by atoms with van der Waals surface area (Å²) in [6, 6.07) is 19.5. The van der Waals surface area contributed by atoms with Crippen LogP contribution in [0.25, 0.3) is 22.6 Å². The summed E-state index contributed by atoms with van der Waals surface area (Å²) in [4.78, 5) is 17.1. The van der Waals surface area contributed by atoms with Crippen molar-refractivity contribution >= 4 is 5.91 Å². The Labute approximate surface area is 176 Å². The Kier molecular flexibility index (Phi) is 5.58. The number of furan rings is 1. The first-order chi connectivity index (χ1) is 14.9. The number of alkyl halides is 3. The molecule has 1 amide bonds. The maximum absolute atomic E-state index is 12.9. The van der Waals surface area contributed by atoms with Crippen LogP contribution in [0, 0.1) is 0 Å². The van der Waals surface area contributed by atoms with Gasteiger partial charge in [-0.05, 0) is 35.9 Å². The Hall–Kier alpha value is -3.87. The number of carbonyl (C=O) groups is 1. The van der Waals surface area contributed by atoms with Crippen LogP contribution in [0.1, 0.15) is 21.5 Å². The van der Waals surface area contributed by atoms with Gasteiger partial charge in [0.05, 0.1) is 23.1 Å². The van der Waals surface area contributed by atoms with Crippen molar-refractivity contribution in [3.8, 4) is 22.6 Å². The molecule has 0 bridgehead atoms. The molecular formula is C24H17F3N2O2. The average Bonchev–Trinajstić information content (AvgIpc) is 3.32. The summed E-state index contributed by atoms with van der Waals surface area (Å²) in [5.74, 6) is 0.108. The Morgan fingerprint density at radius 2 is 1.77 bits per heavy atom. The number of benzene rings is 2. The molecule has 0 saturated heterocycles. The second kappa shape index (κ2) is 8.47. The quantitative estimate of drug-likeness (QED) is 0.432. The Morgan fingerprint density at radius 1 is 0.968 bits per heavy atom. The normalized spacial score (nSPS) is 11.3. The summed E-state index contributed by atoms with van der Waals surface area (Å²) in [5.41, 5.74) is 2.03. The van der Waals surface area contributed by atoms with Crippen LogP contribution in [-0.2, 0) is 12.7 Å². The van der Waals surface area contributed by atoms with E-state index in [1.807, 2.05) is 30.3 Å². The molecule has 156 valence electrons. The lowest BCUT2D eigenvalue weighted by Gasteiger charge is -2.11. The number of carbonyl (C=O) groups excluding carboxylic acids is 1. The number of rotatable bonds is 5. The Morgan fingerprint density at radius 3 is 2.48 bits per heavy atom. The molecule has 7 heteroatoms. The number of nitrogens with one attached hydrogen (secondary N) is 1. The minimum Gasteiger partial charge on any atom is -0.464 e. The van der Waals surface area contributed by atoms with Crippen molar-refractivity contribution < 1.29 is 22.4 Å². The number of nitrogens with zero attached hydrogens (tertiary/aromatic N) is 1. The van der Waals surface area contributed by atoms with Gasteiger partial charge in [-0.2, -0.15) is 13.2 Å². The molecule has 0 aliphatic rings. The maximum atomic E-state index is 12.9. The molecule has 0 aliphatic heterocycles. The van der Waals surface area contributed by atoms with Gasteiger partial charge >= 0.3 is 6.18 Å². The van der Waals surface area contributed by atoms with Gasteiger partial charge < -0.3 is 9.73 Å². The van der Waals surface area contributed by atoms with Crippen LogP contribution < -0.4 is 5.32 Å². The molecule has 2 heterocycles. The zero-order valence-corrected chi connectivity index (χ0v) is 16.2. The van der Waals surface area contributed by atoms with Crippen molar-refractivity contribution in [2.75, 3.05) is 0 Å². The highest BCUT2D eigenvalue weighted by atomic mass is 19.4. The van der Waals surface area contributed by atoms with Crippen LogP contribution >= 0.6 is 0 Å². The SMILES string of the molecule is O=C(NCc1cccc(C(F)(F)F)c1)c1cnc(-c2ccccc2)c(-c2ccco2)c1. The minimum absolute atomic E-state index is 0.0424. The lowest BCUT2D eigenvalue weighted by atomic mass is 10.0. The number of hydrogen-bond acceptors (Lipinski definition) is 3. The largest absolute Gasteiger partial charge is 0.464 e. The third-order valence-corrected chi connectivity index (χ3v) is 4.69. The van der Waals surface area contributed by atoms with Gasteiger partial charge in [0.1, 0.15) is 5.76 Å². The summed E-state index contributed by atoms with van der Waals surface area (Å²) < 4.78 is 44.2.